The largest absolute Gasteiger partial charge is 0.381 e. The molecule has 17 heavy (non-hydrogen) atoms. The van der Waals surface area contributed by atoms with Crippen molar-refractivity contribution in [3.63, 3.8) is 0 Å². The number of aromatic nitrogens is 3. The van der Waals surface area contributed by atoms with Gasteiger partial charge in [0.1, 0.15) is 0 Å². The summed E-state index contributed by atoms with van der Waals surface area (Å²) in [5.74, 6) is 0.644. The van der Waals surface area contributed by atoms with Gasteiger partial charge < -0.3 is 15.8 Å². The predicted molar refractivity (Wildman–Crippen MR) is 64.3 cm³/mol. The molecule has 1 aliphatic rings. The molecule has 0 spiro atoms. The fraction of sp³-hybridized carbons (Fsp3) is 0.818. The summed E-state index contributed by atoms with van der Waals surface area (Å²) in [6.45, 7) is 6.17. The molecule has 6 heteroatoms. The van der Waals surface area contributed by atoms with Crippen molar-refractivity contribution in [1.82, 2.24) is 20.3 Å². The highest BCUT2D eigenvalue weighted by atomic mass is 16.5. The molecule has 3 N–H and O–H groups in total. The SMILES string of the molecule is CC(NCCn1cc(CN)nn1)C1CCOC1. The van der Waals surface area contributed by atoms with Crippen LogP contribution in [0.5, 0.6) is 0 Å². The van der Waals surface area contributed by atoms with Crippen LogP contribution < -0.4 is 11.1 Å². The first-order valence-corrected chi connectivity index (χ1v) is 6.20. The molecule has 2 atom stereocenters. The number of hydrogen-bond acceptors (Lipinski definition) is 5. The normalized spacial score (nSPS) is 21.9. The van der Waals surface area contributed by atoms with Gasteiger partial charge in [-0.2, -0.15) is 0 Å². The van der Waals surface area contributed by atoms with Crippen molar-refractivity contribution in [2.45, 2.75) is 32.5 Å². The van der Waals surface area contributed by atoms with E-state index >= 15 is 0 Å². The molecule has 0 bridgehead atoms. The highest BCUT2D eigenvalue weighted by molar-refractivity contribution is 4.90. The van der Waals surface area contributed by atoms with Crippen LogP contribution >= 0.6 is 0 Å². The molecule has 2 heterocycles. The minimum absolute atomic E-state index is 0.448. The zero-order chi connectivity index (χ0) is 12.1. The summed E-state index contributed by atoms with van der Waals surface area (Å²) in [5, 5.41) is 11.5. The van der Waals surface area contributed by atoms with Crippen LogP contribution in [0.15, 0.2) is 6.20 Å². The van der Waals surface area contributed by atoms with Crippen LogP contribution in [-0.2, 0) is 17.8 Å². The van der Waals surface area contributed by atoms with Crippen LogP contribution in [0.2, 0.25) is 0 Å². The molecule has 1 aromatic rings. The second kappa shape index (κ2) is 6.09. The lowest BCUT2D eigenvalue weighted by Crippen LogP contribution is -2.35. The van der Waals surface area contributed by atoms with E-state index in [9.17, 15) is 0 Å². The summed E-state index contributed by atoms with van der Waals surface area (Å²) in [7, 11) is 0. The minimum Gasteiger partial charge on any atom is -0.381 e. The Labute approximate surface area is 102 Å². The van der Waals surface area contributed by atoms with Gasteiger partial charge in [-0.15, -0.1) is 5.10 Å². The van der Waals surface area contributed by atoms with Gasteiger partial charge in [-0.05, 0) is 19.3 Å². The van der Waals surface area contributed by atoms with E-state index in [1.165, 1.54) is 0 Å². The number of nitrogens with zero attached hydrogens (tertiary/aromatic N) is 3. The highest BCUT2D eigenvalue weighted by Gasteiger charge is 2.21. The molecule has 1 aromatic heterocycles. The van der Waals surface area contributed by atoms with Crippen molar-refractivity contribution in [3.8, 4) is 0 Å². The molecular formula is C11H21N5O. The lowest BCUT2D eigenvalue weighted by atomic mass is 10.0. The van der Waals surface area contributed by atoms with Gasteiger partial charge in [0.15, 0.2) is 0 Å². The Morgan fingerprint density at radius 3 is 3.24 bits per heavy atom. The third kappa shape index (κ3) is 3.49. The average molecular weight is 239 g/mol. The number of nitrogens with one attached hydrogen (secondary N) is 1. The summed E-state index contributed by atoms with van der Waals surface area (Å²) < 4.78 is 7.21. The maximum Gasteiger partial charge on any atom is 0.0962 e. The smallest absolute Gasteiger partial charge is 0.0962 e. The zero-order valence-corrected chi connectivity index (χ0v) is 10.3. The second-order valence-electron chi connectivity index (χ2n) is 4.54. The fourth-order valence-corrected chi connectivity index (χ4v) is 2.06. The summed E-state index contributed by atoms with van der Waals surface area (Å²) in [5.41, 5.74) is 6.31. The highest BCUT2D eigenvalue weighted by Crippen LogP contribution is 2.15. The van der Waals surface area contributed by atoms with Crippen molar-refractivity contribution < 1.29 is 4.74 Å². The van der Waals surface area contributed by atoms with Crippen molar-refractivity contribution in [3.05, 3.63) is 11.9 Å². The van der Waals surface area contributed by atoms with Crippen molar-refractivity contribution in [2.24, 2.45) is 11.7 Å². The van der Waals surface area contributed by atoms with Gasteiger partial charge >= 0.3 is 0 Å². The maximum absolute atomic E-state index is 5.48. The van der Waals surface area contributed by atoms with E-state index in [1.807, 2.05) is 10.9 Å². The number of rotatable bonds is 6. The third-order valence-electron chi connectivity index (χ3n) is 3.27. The van der Waals surface area contributed by atoms with Gasteiger partial charge in [-0.3, -0.25) is 4.68 Å². The topological polar surface area (TPSA) is 78.0 Å². The molecule has 6 nitrogen and oxygen atoms in total. The molecule has 0 aliphatic carbocycles. The Balaban J connectivity index is 1.68. The van der Waals surface area contributed by atoms with E-state index in [4.69, 9.17) is 10.5 Å². The van der Waals surface area contributed by atoms with E-state index in [0.29, 0.717) is 18.5 Å². The van der Waals surface area contributed by atoms with E-state index in [1.54, 1.807) is 0 Å². The molecule has 0 saturated carbocycles. The number of nitrogens with two attached hydrogens (primary N) is 1. The van der Waals surface area contributed by atoms with Gasteiger partial charge in [-0.1, -0.05) is 5.21 Å². The molecule has 2 unspecified atom stereocenters. The molecule has 1 fully saturated rings. The summed E-state index contributed by atoms with van der Waals surface area (Å²) in [6, 6.07) is 0.495. The van der Waals surface area contributed by atoms with Gasteiger partial charge in [0.2, 0.25) is 0 Å². The van der Waals surface area contributed by atoms with Crippen molar-refractivity contribution in [1.29, 1.82) is 0 Å². The lowest BCUT2D eigenvalue weighted by Gasteiger charge is -2.18. The summed E-state index contributed by atoms with van der Waals surface area (Å²) in [4.78, 5) is 0. The number of ether oxygens (including phenoxy) is 1. The van der Waals surface area contributed by atoms with E-state index < -0.39 is 0 Å². The molecule has 0 amide bonds. The quantitative estimate of drug-likeness (QED) is 0.716. The van der Waals surface area contributed by atoms with Crippen LogP contribution in [0.4, 0.5) is 0 Å². The molecule has 96 valence electrons. The van der Waals surface area contributed by atoms with Crippen molar-refractivity contribution >= 4 is 0 Å². The van der Waals surface area contributed by atoms with E-state index in [0.717, 1.165) is 38.4 Å². The molecular weight excluding hydrogens is 218 g/mol. The average Bonchev–Trinajstić information content (AvgIpc) is 3.00. The second-order valence-corrected chi connectivity index (χ2v) is 4.54. The Morgan fingerprint density at radius 1 is 1.71 bits per heavy atom. The molecule has 1 aliphatic heterocycles. The van der Waals surface area contributed by atoms with Crippen LogP contribution in [-0.4, -0.2) is 40.8 Å². The van der Waals surface area contributed by atoms with Gasteiger partial charge in [0.25, 0.3) is 0 Å². The molecule has 1 saturated heterocycles. The van der Waals surface area contributed by atoms with Gasteiger partial charge in [-0.25, -0.2) is 0 Å². The Kier molecular flexibility index (Phi) is 4.47. The molecule has 0 aromatic carbocycles. The Morgan fingerprint density at radius 2 is 2.59 bits per heavy atom. The third-order valence-corrected chi connectivity index (χ3v) is 3.27. The number of hydrogen-bond donors (Lipinski definition) is 2. The predicted octanol–water partition coefficient (Wildman–Crippen LogP) is -0.249. The minimum atomic E-state index is 0.448. The van der Waals surface area contributed by atoms with Crippen LogP contribution in [0.25, 0.3) is 0 Å². The van der Waals surface area contributed by atoms with Gasteiger partial charge in [0, 0.05) is 31.9 Å². The first-order valence-electron chi connectivity index (χ1n) is 6.20. The van der Waals surface area contributed by atoms with Crippen LogP contribution in [0.3, 0.4) is 0 Å². The first kappa shape index (κ1) is 12.5. The Bertz CT molecular complexity index is 334. The maximum atomic E-state index is 5.48. The van der Waals surface area contributed by atoms with Crippen LogP contribution in [0, 0.1) is 5.92 Å². The summed E-state index contributed by atoms with van der Waals surface area (Å²) in [6.07, 6.45) is 3.06. The molecule has 0 radical (unpaired) electrons. The van der Waals surface area contributed by atoms with Crippen molar-refractivity contribution in [2.75, 3.05) is 19.8 Å². The van der Waals surface area contributed by atoms with E-state index in [-0.39, 0.29) is 0 Å². The molecule has 2 rings (SSSR count). The first-order chi connectivity index (χ1) is 8.29. The van der Waals surface area contributed by atoms with Crippen LogP contribution in [0.1, 0.15) is 19.0 Å². The standard InChI is InChI=1S/C11H21N5O/c1-9(10-2-5-17-8-10)13-3-4-16-7-11(6-12)14-15-16/h7,9-10,13H,2-6,8,12H2,1H3. The van der Waals surface area contributed by atoms with E-state index in [2.05, 4.69) is 22.6 Å². The lowest BCUT2D eigenvalue weighted by molar-refractivity contribution is 0.178. The Hall–Kier alpha value is -0.980. The zero-order valence-electron chi connectivity index (χ0n) is 10.3. The summed E-state index contributed by atoms with van der Waals surface area (Å²) >= 11 is 0. The fourth-order valence-electron chi connectivity index (χ4n) is 2.06. The van der Waals surface area contributed by atoms with Gasteiger partial charge in [0.05, 0.1) is 18.8 Å². The monoisotopic (exact) mass is 239 g/mol.